The van der Waals surface area contributed by atoms with Gasteiger partial charge in [-0.1, -0.05) is 11.6 Å². The fourth-order valence-electron chi connectivity index (χ4n) is 2.03. The first-order chi connectivity index (χ1) is 7.72. The molecular formula is C11H13ClN2O2. The van der Waals surface area contributed by atoms with E-state index in [2.05, 4.69) is 5.32 Å². The third-order valence-corrected chi connectivity index (χ3v) is 3.31. The van der Waals surface area contributed by atoms with Crippen molar-refractivity contribution < 1.29 is 9.47 Å². The Balaban J connectivity index is 1.79. The molecule has 0 unspecified atom stereocenters. The van der Waals surface area contributed by atoms with Crippen LogP contribution in [-0.2, 0) is 0 Å². The third-order valence-electron chi connectivity index (χ3n) is 3.00. The Hall–Kier alpha value is -1.13. The fraction of sp³-hybridized carbons (Fsp3) is 0.455. The number of hydrogen-bond donors (Lipinski definition) is 2. The van der Waals surface area contributed by atoms with Crippen LogP contribution in [0.25, 0.3) is 0 Å². The van der Waals surface area contributed by atoms with Gasteiger partial charge in [0.1, 0.15) is 0 Å². The van der Waals surface area contributed by atoms with Crippen molar-refractivity contribution in [2.24, 2.45) is 5.73 Å². The van der Waals surface area contributed by atoms with Crippen LogP contribution in [0.5, 0.6) is 11.5 Å². The van der Waals surface area contributed by atoms with Crippen LogP contribution in [0.2, 0.25) is 5.02 Å². The molecule has 0 bridgehead atoms. The number of hydrogen-bond acceptors (Lipinski definition) is 4. The molecule has 1 aromatic carbocycles. The van der Waals surface area contributed by atoms with Crippen LogP contribution in [0.3, 0.4) is 0 Å². The lowest BCUT2D eigenvalue weighted by atomic mass is 9.87. The summed E-state index contributed by atoms with van der Waals surface area (Å²) >= 11 is 6.14. The summed E-state index contributed by atoms with van der Waals surface area (Å²) in [7, 11) is 0. The van der Waals surface area contributed by atoms with Crippen molar-refractivity contribution in [3.63, 3.8) is 0 Å². The molecule has 2 aliphatic rings. The van der Waals surface area contributed by atoms with Gasteiger partial charge in [-0.05, 0) is 12.8 Å². The maximum Gasteiger partial charge on any atom is 0.231 e. The summed E-state index contributed by atoms with van der Waals surface area (Å²) in [5.41, 5.74) is 6.62. The first-order valence-electron chi connectivity index (χ1n) is 5.33. The Bertz CT molecular complexity index is 419. The molecule has 1 aromatic rings. The average Bonchev–Trinajstić information content (AvgIpc) is 2.63. The van der Waals surface area contributed by atoms with Gasteiger partial charge < -0.3 is 20.5 Å². The van der Waals surface area contributed by atoms with Crippen molar-refractivity contribution >= 4 is 17.3 Å². The van der Waals surface area contributed by atoms with Gasteiger partial charge in [0.25, 0.3) is 0 Å². The van der Waals surface area contributed by atoms with Gasteiger partial charge in [-0.2, -0.15) is 0 Å². The van der Waals surface area contributed by atoms with Crippen LogP contribution in [0.1, 0.15) is 12.8 Å². The molecule has 1 saturated carbocycles. The maximum atomic E-state index is 6.14. The summed E-state index contributed by atoms with van der Waals surface area (Å²) in [6.07, 6.45) is 1.98. The molecule has 3 N–H and O–H groups in total. The lowest BCUT2D eigenvalue weighted by Crippen LogP contribution is -2.44. The minimum Gasteiger partial charge on any atom is -0.454 e. The molecule has 0 radical (unpaired) electrons. The van der Waals surface area contributed by atoms with Crippen LogP contribution in [0.4, 0.5) is 5.69 Å². The van der Waals surface area contributed by atoms with E-state index in [4.69, 9.17) is 26.8 Å². The number of nitrogens with two attached hydrogens (primary N) is 1. The number of nitrogens with one attached hydrogen (secondary N) is 1. The smallest absolute Gasteiger partial charge is 0.231 e. The largest absolute Gasteiger partial charge is 0.454 e. The lowest BCUT2D eigenvalue weighted by Gasteiger charge is -2.34. The zero-order valence-electron chi connectivity index (χ0n) is 8.70. The zero-order valence-corrected chi connectivity index (χ0v) is 9.46. The van der Waals surface area contributed by atoms with Crippen LogP contribution in [0, 0.1) is 0 Å². The highest BCUT2D eigenvalue weighted by molar-refractivity contribution is 6.33. The average molecular weight is 241 g/mol. The van der Waals surface area contributed by atoms with E-state index in [0.717, 1.165) is 24.3 Å². The fourth-order valence-corrected chi connectivity index (χ4v) is 2.24. The molecule has 0 aromatic heterocycles. The van der Waals surface area contributed by atoms with Crippen molar-refractivity contribution in [2.45, 2.75) is 24.9 Å². The van der Waals surface area contributed by atoms with Crippen molar-refractivity contribution in [3.8, 4) is 11.5 Å². The summed E-state index contributed by atoms with van der Waals surface area (Å²) in [5.74, 6) is 1.45. The number of benzene rings is 1. The van der Waals surface area contributed by atoms with Gasteiger partial charge in [-0.15, -0.1) is 0 Å². The van der Waals surface area contributed by atoms with E-state index in [-0.39, 0.29) is 6.79 Å². The van der Waals surface area contributed by atoms with Gasteiger partial charge in [0.2, 0.25) is 6.79 Å². The molecule has 86 valence electrons. The van der Waals surface area contributed by atoms with Gasteiger partial charge in [-0.3, -0.25) is 0 Å². The van der Waals surface area contributed by atoms with E-state index in [1.54, 1.807) is 6.07 Å². The number of halogens is 1. The van der Waals surface area contributed by atoms with Gasteiger partial charge in [-0.25, -0.2) is 0 Å². The second kappa shape index (κ2) is 3.71. The topological polar surface area (TPSA) is 56.5 Å². The first kappa shape index (κ1) is 10.1. The SMILES string of the molecule is NC1CC(Nc2cc3c(cc2Cl)OCO3)C1. The quantitative estimate of drug-likeness (QED) is 0.830. The minimum absolute atomic E-state index is 0.267. The summed E-state index contributed by atoms with van der Waals surface area (Å²) < 4.78 is 10.5. The molecule has 0 saturated heterocycles. The molecule has 5 heteroatoms. The van der Waals surface area contributed by atoms with Gasteiger partial charge >= 0.3 is 0 Å². The summed E-state index contributed by atoms with van der Waals surface area (Å²) in [6, 6.07) is 4.41. The predicted molar refractivity (Wildman–Crippen MR) is 62.2 cm³/mol. The zero-order chi connectivity index (χ0) is 11.1. The third kappa shape index (κ3) is 1.68. The Labute approximate surface area is 98.7 Å². The molecule has 0 spiro atoms. The van der Waals surface area contributed by atoms with Crippen LogP contribution < -0.4 is 20.5 Å². The molecule has 0 atom stereocenters. The molecule has 16 heavy (non-hydrogen) atoms. The molecule has 1 aliphatic heterocycles. The number of ether oxygens (including phenoxy) is 2. The van der Waals surface area contributed by atoms with Gasteiger partial charge in [0.15, 0.2) is 11.5 Å². The molecule has 1 heterocycles. The number of fused-ring (bicyclic) bond motifs is 1. The second-order valence-electron chi connectivity index (χ2n) is 4.26. The molecule has 1 aliphatic carbocycles. The van der Waals surface area contributed by atoms with E-state index in [0.29, 0.717) is 22.9 Å². The molecular weight excluding hydrogens is 228 g/mol. The van der Waals surface area contributed by atoms with Crippen molar-refractivity contribution in [1.29, 1.82) is 0 Å². The standard InChI is InChI=1S/C11H13ClN2O2/c12-8-3-10-11(16-5-15-10)4-9(8)14-7-1-6(13)2-7/h3-4,6-7,14H,1-2,5,13H2. The lowest BCUT2D eigenvalue weighted by molar-refractivity contribution is 0.174. The number of rotatable bonds is 2. The summed E-state index contributed by atoms with van der Waals surface area (Å²) in [6.45, 7) is 0.267. The highest BCUT2D eigenvalue weighted by Gasteiger charge is 2.27. The van der Waals surface area contributed by atoms with Crippen LogP contribution in [-0.4, -0.2) is 18.9 Å². The van der Waals surface area contributed by atoms with E-state index < -0.39 is 0 Å². The van der Waals surface area contributed by atoms with Crippen molar-refractivity contribution in [1.82, 2.24) is 0 Å². The second-order valence-corrected chi connectivity index (χ2v) is 4.67. The Morgan fingerprint density at radius 1 is 1.25 bits per heavy atom. The maximum absolute atomic E-state index is 6.14. The Morgan fingerprint density at radius 2 is 1.94 bits per heavy atom. The van der Waals surface area contributed by atoms with Crippen molar-refractivity contribution in [3.05, 3.63) is 17.2 Å². The minimum atomic E-state index is 0.267. The van der Waals surface area contributed by atoms with Gasteiger partial charge in [0, 0.05) is 24.2 Å². The highest BCUT2D eigenvalue weighted by atomic mass is 35.5. The van der Waals surface area contributed by atoms with E-state index in [9.17, 15) is 0 Å². The first-order valence-corrected chi connectivity index (χ1v) is 5.71. The van der Waals surface area contributed by atoms with E-state index in [1.165, 1.54) is 0 Å². The van der Waals surface area contributed by atoms with Crippen LogP contribution in [0.15, 0.2) is 12.1 Å². The monoisotopic (exact) mass is 240 g/mol. The van der Waals surface area contributed by atoms with E-state index in [1.807, 2.05) is 6.07 Å². The van der Waals surface area contributed by atoms with Crippen molar-refractivity contribution in [2.75, 3.05) is 12.1 Å². The summed E-state index contributed by atoms with van der Waals surface area (Å²) in [4.78, 5) is 0. The molecule has 1 fully saturated rings. The molecule has 0 amide bonds. The Morgan fingerprint density at radius 3 is 2.62 bits per heavy atom. The molecule has 4 nitrogen and oxygen atoms in total. The van der Waals surface area contributed by atoms with E-state index >= 15 is 0 Å². The van der Waals surface area contributed by atoms with Crippen LogP contribution >= 0.6 is 11.6 Å². The highest BCUT2D eigenvalue weighted by Crippen LogP contribution is 2.40. The normalized spacial score (nSPS) is 26.4. The number of anilines is 1. The van der Waals surface area contributed by atoms with Gasteiger partial charge in [0.05, 0.1) is 10.7 Å². The Kier molecular flexibility index (Phi) is 2.33. The summed E-state index contributed by atoms with van der Waals surface area (Å²) in [5, 5.41) is 4.02. The molecule has 3 rings (SSSR count). The predicted octanol–water partition coefficient (Wildman–Crippen LogP) is 1.97.